The lowest BCUT2D eigenvalue weighted by Crippen LogP contribution is -2.05. The Morgan fingerprint density at radius 2 is 1.83 bits per heavy atom. The van der Waals surface area contributed by atoms with Crippen molar-refractivity contribution in [3.63, 3.8) is 0 Å². The first-order valence-corrected chi connectivity index (χ1v) is 8.75. The zero-order valence-corrected chi connectivity index (χ0v) is 14.7. The van der Waals surface area contributed by atoms with Crippen LogP contribution in [0.25, 0.3) is 10.9 Å². The van der Waals surface area contributed by atoms with Crippen LogP contribution in [0.3, 0.4) is 0 Å². The number of aryl methyl sites for hydroxylation is 2. The first kappa shape index (κ1) is 15.1. The van der Waals surface area contributed by atoms with Gasteiger partial charge in [0.25, 0.3) is 0 Å². The fourth-order valence-corrected chi connectivity index (χ4v) is 3.24. The molecule has 0 bridgehead atoms. The summed E-state index contributed by atoms with van der Waals surface area (Å²) in [6.07, 6.45) is 5.73. The largest absolute Gasteiger partial charge is 0.361 e. The number of nitrogens with one attached hydrogen (secondary N) is 1. The van der Waals surface area contributed by atoms with Gasteiger partial charge in [-0.25, -0.2) is 0 Å². The summed E-state index contributed by atoms with van der Waals surface area (Å²) in [6, 6.07) is 16.8. The first-order chi connectivity index (χ1) is 11.8. The highest BCUT2D eigenvalue weighted by Gasteiger charge is 2.08. The molecule has 0 saturated heterocycles. The molecule has 4 aromatic rings. The monoisotopic (exact) mass is 380 g/mol. The van der Waals surface area contributed by atoms with Gasteiger partial charge < -0.3 is 9.55 Å². The van der Waals surface area contributed by atoms with Gasteiger partial charge in [-0.2, -0.15) is 0 Å². The van der Waals surface area contributed by atoms with Crippen LogP contribution in [-0.4, -0.2) is 19.7 Å². The number of fused-ring (bicyclic) bond motifs is 1. The Morgan fingerprint density at radius 3 is 2.71 bits per heavy atom. The molecule has 2 aromatic heterocycles. The molecule has 0 spiro atoms. The summed E-state index contributed by atoms with van der Waals surface area (Å²) in [5, 5.41) is 9.69. The number of hydrogen-bond acceptors (Lipinski definition) is 2. The van der Waals surface area contributed by atoms with E-state index in [1.165, 1.54) is 22.0 Å². The number of aromatic amines is 1. The van der Waals surface area contributed by atoms with Gasteiger partial charge in [0.05, 0.1) is 6.54 Å². The van der Waals surface area contributed by atoms with Gasteiger partial charge in [0.15, 0.2) is 0 Å². The molecule has 0 saturated carbocycles. The van der Waals surface area contributed by atoms with Crippen molar-refractivity contribution in [2.45, 2.75) is 19.4 Å². The van der Waals surface area contributed by atoms with Gasteiger partial charge in [0.1, 0.15) is 12.2 Å². The molecular formula is C19H17BrN4. The molecule has 2 aromatic carbocycles. The highest BCUT2D eigenvalue weighted by atomic mass is 79.9. The molecule has 4 nitrogen and oxygen atoms in total. The van der Waals surface area contributed by atoms with E-state index < -0.39 is 0 Å². The van der Waals surface area contributed by atoms with Crippen molar-refractivity contribution >= 4 is 26.8 Å². The van der Waals surface area contributed by atoms with Crippen LogP contribution < -0.4 is 0 Å². The van der Waals surface area contributed by atoms with Gasteiger partial charge >= 0.3 is 0 Å². The molecule has 0 amide bonds. The molecule has 2 heterocycles. The van der Waals surface area contributed by atoms with Crippen LogP contribution in [0.2, 0.25) is 0 Å². The molecule has 5 heteroatoms. The topological polar surface area (TPSA) is 46.5 Å². The smallest absolute Gasteiger partial charge is 0.133 e. The van der Waals surface area contributed by atoms with E-state index in [4.69, 9.17) is 0 Å². The molecule has 4 rings (SSSR count). The van der Waals surface area contributed by atoms with Crippen LogP contribution in [-0.2, 0) is 19.4 Å². The van der Waals surface area contributed by atoms with Crippen molar-refractivity contribution in [3.8, 4) is 0 Å². The number of para-hydroxylation sites is 1. The number of H-pyrrole nitrogens is 1. The lowest BCUT2D eigenvalue weighted by molar-refractivity contribution is 0.713. The van der Waals surface area contributed by atoms with Gasteiger partial charge in [-0.05, 0) is 35.7 Å². The Kier molecular flexibility index (Phi) is 4.17. The van der Waals surface area contributed by atoms with E-state index in [1.807, 2.05) is 6.33 Å². The lowest BCUT2D eigenvalue weighted by atomic mass is 10.1. The third-order valence-electron chi connectivity index (χ3n) is 4.25. The van der Waals surface area contributed by atoms with Crippen LogP contribution >= 0.6 is 15.9 Å². The van der Waals surface area contributed by atoms with Gasteiger partial charge in [0, 0.05) is 28.0 Å². The molecule has 0 radical (unpaired) electrons. The highest BCUT2D eigenvalue weighted by Crippen LogP contribution is 2.19. The van der Waals surface area contributed by atoms with Crippen LogP contribution in [0.15, 0.2) is 65.5 Å². The molecule has 0 atom stereocenters. The maximum Gasteiger partial charge on any atom is 0.133 e. The Hall–Kier alpha value is -2.40. The van der Waals surface area contributed by atoms with E-state index >= 15 is 0 Å². The molecule has 0 aliphatic heterocycles. The molecule has 0 unspecified atom stereocenters. The van der Waals surface area contributed by atoms with E-state index in [1.54, 1.807) is 0 Å². The first-order valence-electron chi connectivity index (χ1n) is 7.96. The normalized spacial score (nSPS) is 11.2. The minimum atomic E-state index is 0.795. The Morgan fingerprint density at radius 1 is 1.00 bits per heavy atom. The number of benzene rings is 2. The molecule has 0 aliphatic rings. The van der Waals surface area contributed by atoms with Gasteiger partial charge in [0.2, 0.25) is 0 Å². The standard InChI is InChI=1S/C19H17BrN4/c20-16-8-5-14(6-9-16)12-24-13-22-23-19(24)10-7-15-11-21-18-4-2-1-3-17(15)18/h1-6,8-9,11,13,21H,7,10,12H2. The van der Waals surface area contributed by atoms with Crippen LogP contribution in [0.5, 0.6) is 0 Å². The third kappa shape index (κ3) is 3.12. The van der Waals surface area contributed by atoms with Crippen LogP contribution in [0.1, 0.15) is 17.0 Å². The average Bonchev–Trinajstić information content (AvgIpc) is 3.22. The van der Waals surface area contributed by atoms with Crippen LogP contribution in [0, 0.1) is 0 Å². The quantitative estimate of drug-likeness (QED) is 0.559. The number of rotatable bonds is 5. The molecule has 1 N–H and O–H groups in total. The summed E-state index contributed by atoms with van der Waals surface area (Å²) in [7, 11) is 0. The molecule has 24 heavy (non-hydrogen) atoms. The fraction of sp³-hybridized carbons (Fsp3) is 0.158. The maximum absolute atomic E-state index is 4.30. The van der Waals surface area contributed by atoms with Crippen molar-refractivity contribution in [2.75, 3.05) is 0 Å². The summed E-state index contributed by atoms with van der Waals surface area (Å²) in [6.45, 7) is 0.795. The molecule has 0 fully saturated rings. The highest BCUT2D eigenvalue weighted by molar-refractivity contribution is 9.10. The van der Waals surface area contributed by atoms with Gasteiger partial charge in [-0.15, -0.1) is 10.2 Å². The number of halogens is 1. The summed E-state index contributed by atoms with van der Waals surface area (Å²) in [5.74, 6) is 1.02. The SMILES string of the molecule is Brc1ccc(Cn2cnnc2CCc2c[nH]c3ccccc23)cc1. The summed E-state index contributed by atoms with van der Waals surface area (Å²) in [5.41, 5.74) is 3.75. The second-order valence-corrected chi connectivity index (χ2v) is 6.78. The zero-order chi connectivity index (χ0) is 16.4. The molecule has 120 valence electrons. The minimum Gasteiger partial charge on any atom is -0.361 e. The van der Waals surface area contributed by atoms with Gasteiger partial charge in [-0.3, -0.25) is 0 Å². The van der Waals surface area contributed by atoms with Crippen molar-refractivity contribution in [3.05, 3.63) is 82.5 Å². The Labute approximate surface area is 148 Å². The Balaban J connectivity index is 1.49. The van der Waals surface area contributed by atoms with Crippen molar-refractivity contribution < 1.29 is 0 Å². The fourth-order valence-electron chi connectivity index (χ4n) is 2.98. The zero-order valence-electron chi connectivity index (χ0n) is 13.1. The summed E-state index contributed by atoms with van der Waals surface area (Å²) in [4.78, 5) is 3.33. The lowest BCUT2D eigenvalue weighted by Gasteiger charge is -2.07. The van der Waals surface area contributed by atoms with E-state index in [9.17, 15) is 0 Å². The minimum absolute atomic E-state index is 0.795. The molecular weight excluding hydrogens is 364 g/mol. The second kappa shape index (κ2) is 6.61. The average molecular weight is 381 g/mol. The van der Waals surface area contributed by atoms with Crippen LogP contribution in [0.4, 0.5) is 0 Å². The summed E-state index contributed by atoms with van der Waals surface area (Å²) < 4.78 is 3.22. The predicted octanol–water partition coefficient (Wildman–Crippen LogP) is 4.36. The van der Waals surface area contributed by atoms with Crippen molar-refractivity contribution in [2.24, 2.45) is 0 Å². The second-order valence-electron chi connectivity index (χ2n) is 5.86. The summed E-state index contributed by atoms with van der Waals surface area (Å²) >= 11 is 3.47. The predicted molar refractivity (Wildman–Crippen MR) is 99.0 cm³/mol. The third-order valence-corrected chi connectivity index (χ3v) is 4.78. The van der Waals surface area contributed by atoms with E-state index in [-0.39, 0.29) is 0 Å². The van der Waals surface area contributed by atoms with Crippen molar-refractivity contribution in [1.82, 2.24) is 19.7 Å². The van der Waals surface area contributed by atoms with Crippen molar-refractivity contribution in [1.29, 1.82) is 0 Å². The number of hydrogen-bond donors (Lipinski definition) is 1. The maximum atomic E-state index is 4.30. The van der Waals surface area contributed by atoms with E-state index in [0.717, 1.165) is 29.7 Å². The Bertz CT molecular complexity index is 953. The number of aromatic nitrogens is 4. The van der Waals surface area contributed by atoms with E-state index in [2.05, 4.69) is 90.4 Å². The van der Waals surface area contributed by atoms with Gasteiger partial charge in [-0.1, -0.05) is 46.3 Å². The number of nitrogens with zero attached hydrogens (tertiary/aromatic N) is 3. The molecule has 0 aliphatic carbocycles. The van der Waals surface area contributed by atoms with E-state index in [0.29, 0.717) is 0 Å².